The molecule has 1 saturated heterocycles. The zero-order valence-electron chi connectivity index (χ0n) is 27.3. The van der Waals surface area contributed by atoms with Gasteiger partial charge in [-0.15, -0.1) is 0 Å². The highest BCUT2D eigenvalue weighted by Gasteiger charge is 2.81. The summed E-state index contributed by atoms with van der Waals surface area (Å²) in [7, 11) is 0. The normalized spacial score (nSPS) is 48.2. The number of aliphatic hydroxyl groups excluding tert-OH is 2. The van der Waals surface area contributed by atoms with E-state index in [0.717, 1.165) is 38.5 Å². The van der Waals surface area contributed by atoms with Gasteiger partial charge in [0.25, 0.3) is 0 Å². The van der Waals surface area contributed by atoms with Crippen LogP contribution < -0.4 is 0 Å². The lowest BCUT2D eigenvalue weighted by Crippen LogP contribution is -2.56. The van der Waals surface area contributed by atoms with Gasteiger partial charge in [0.15, 0.2) is 12.4 Å². The molecule has 5 saturated carbocycles. The number of hydrogen-bond acceptors (Lipinski definition) is 7. The van der Waals surface area contributed by atoms with Crippen molar-refractivity contribution in [3.63, 3.8) is 0 Å². The number of ether oxygens (including phenoxy) is 3. The third kappa shape index (κ3) is 5.12. The first-order valence-corrected chi connectivity index (χ1v) is 17.2. The Kier molecular flexibility index (Phi) is 8.14. The van der Waals surface area contributed by atoms with Gasteiger partial charge in [0.05, 0.1) is 30.5 Å². The van der Waals surface area contributed by atoms with Gasteiger partial charge in [0.2, 0.25) is 0 Å². The van der Waals surface area contributed by atoms with Crippen LogP contribution in [0.4, 0.5) is 4.39 Å². The molecule has 6 rings (SSSR count). The summed E-state index contributed by atoms with van der Waals surface area (Å²) in [4.78, 5) is 11.7. The summed E-state index contributed by atoms with van der Waals surface area (Å²) < 4.78 is 34.0. The van der Waals surface area contributed by atoms with Crippen molar-refractivity contribution >= 4 is 5.97 Å². The zero-order chi connectivity index (χ0) is 31.2. The standard InChI is InChI=1S/C35H57FO7/c1-20(37)42-30(32(4,5)40)25(39)9-7-21-17-24(36)29-23-8-10-26-31(2,3)27(43-28-18-22(38)12-16-41-28)11-13-35(26)19-34(23,35)15-14-33(21,29)6/h21-30,38-40H,7-19H2,1-6H3. The van der Waals surface area contributed by atoms with Crippen LogP contribution in [0.25, 0.3) is 0 Å². The SMILES string of the molecule is CC(=O)OC(C(O)CCC1CC(F)C2C3CCC4C(C)(C)C(OC5CC(O)CCO5)CCC45CC35CCC12C)C(C)(C)O. The fourth-order valence-electron chi connectivity index (χ4n) is 12.1. The molecule has 8 heteroatoms. The lowest BCUT2D eigenvalue weighted by Gasteiger charge is -2.60. The Morgan fingerprint density at radius 1 is 1.07 bits per heavy atom. The van der Waals surface area contributed by atoms with Crippen molar-refractivity contribution in [2.24, 2.45) is 45.3 Å². The molecular weight excluding hydrogens is 551 g/mol. The minimum absolute atomic E-state index is 0.00165. The summed E-state index contributed by atoms with van der Waals surface area (Å²) in [6, 6.07) is 0. The first kappa shape index (κ1) is 32.2. The molecule has 43 heavy (non-hydrogen) atoms. The largest absolute Gasteiger partial charge is 0.457 e. The van der Waals surface area contributed by atoms with Gasteiger partial charge >= 0.3 is 5.97 Å². The van der Waals surface area contributed by atoms with E-state index in [2.05, 4.69) is 20.8 Å². The van der Waals surface area contributed by atoms with Gasteiger partial charge in [-0.25, -0.2) is 4.39 Å². The van der Waals surface area contributed by atoms with Crippen LogP contribution in [0.3, 0.4) is 0 Å². The molecule has 1 heterocycles. The molecule has 5 aliphatic carbocycles. The van der Waals surface area contributed by atoms with E-state index in [1.165, 1.54) is 13.3 Å². The topological polar surface area (TPSA) is 105 Å². The van der Waals surface area contributed by atoms with Crippen molar-refractivity contribution in [2.45, 2.75) is 161 Å². The minimum Gasteiger partial charge on any atom is -0.457 e. The number of carbonyl (C=O) groups excluding carboxylic acids is 1. The summed E-state index contributed by atoms with van der Waals surface area (Å²) in [5.74, 6) is 0.648. The van der Waals surface area contributed by atoms with Gasteiger partial charge in [-0.3, -0.25) is 4.79 Å². The first-order chi connectivity index (χ1) is 20.0. The summed E-state index contributed by atoms with van der Waals surface area (Å²) in [5, 5.41) is 31.7. The Bertz CT molecular complexity index is 1060. The number of alkyl halides is 1. The second-order valence-corrected chi connectivity index (χ2v) is 17.0. The van der Waals surface area contributed by atoms with E-state index < -0.39 is 29.9 Å². The summed E-state index contributed by atoms with van der Waals surface area (Å²) in [6.45, 7) is 12.0. The lowest BCUT2D eigenvalue weighted by molar-refractivity contribution is -0.248. The summed E-state index contributed by atoms with van der Waals surface area (Å²) in [5.41, 5.74) is -0.950. The number of aliphatic hydroxyl groups is 3. The number of hydrogen-bond donors (Lipinski definition) is 3. The van der Waals surface area contributed by atoms with Crippen molar-refractivity contribution < 1.29 is 38.7 Å². The molecule has 0 amide bonds. The van der Waals surface area contributed by atoms with Crippen LogP contribution in [0, 0.1) is 45.3 Å². The van der Waals surface area contributed by atoms with E-state index in [4.69, 9.17) is 14.2 Å². The molecule has 0 bridgehead atoms. The third-order valence-corrected chi connectivity index (χ3v) is 14.0. The van der Waals surface area contributed by atoms with Gasteiger partial charge in [-0.1, -0.05) is 20.8 Å². The van der Waals surface area contributed by atoms with Gasteiger partial charge in [-0.05, 0) is 130 Å². The van der Waals surface area contributed by atoms with Crippen LogP contribution in [0.2, 0.25) is 0 Å². The quantitative estimate of drug-likeness (QED) is 0.240. The van der Waals surface area contributed by atoms with Crippen LogP contribution in [-0.2, 0) is 19.0 Å². The summed E-state index contributed by atoms with van der Waals surface area (Å²) >= 11 is 0. The molecule has 0 aromatic carbocycles. The number of halogens is 1. The number of esters is 1. The van der Waals surface area contributed by atoms with Crippen LogP contribution in [0.15, 0.2) is 0 Å². The number of carbonyl (C=O) groups is 1. The fourth-order valence-corrected chi connectivity index (χ4v) is 12.1. The van der Waals surface area contributed by atoms with Crippen LogP contribution in [0.5, 0.6) is 0 Å². The van der Waals surface area contributed by atoms with Crippen molar-refractivity contribution in [1.82, 2.24) is 0 Å². The van der Waals surface area contributed by atoms with E-state index >= 15 is 4.39 Å². The van der Waals surface area contributed by atoms with E-state index in [1.54, 1.807) is 13.8 Å². The maximum absolute atomic E-state index is 16.3. The molecule has 246 valence electrons. The Labute approximate surface area is 257 Å². The predicted octanol–water partition coefficient (Wildman–Crippen LogP) is 5.71. The van der Waals surface area contributed by atoms with Crippen molar-refractivity contribution in [2.75, 3.05) is 6.61 Å². The van der Waals surface area contributed by atoms with Crippen molar-refractivity contribution in [3.8, 4) is 0 Å². The van der Waals surface area contributed by atoms with E-state index in [1.807, 2.05) is 0 Å². The molecule has 13 atom stereocenters. The molecule has 6 fully saturated rings. The molecule has 0 aromatic heterocycles. The molecule has 0 aromatic rings. The third-order valence-electron chi connectivity index (χ3n) is 14.0. The molecule has 6 aliphatic rings. The van der Waals surface area contributed by atoms with Gasteiger partial charge < -0.3 is 29.5 Å². The Morgan fingerprint density at radius 2 is 1.81 bits per heavy atom. The Hall–Kier alpha value is -0.800. The average Bonchev–Trinajstić information content (AvgIpc) is 3.50. The predicted molar refractivity (Wildman–Crippen MR) is 159 cm³/mol. The van der Waals surface area contributed by atoms with Crippen molar-refractivity contribution in [1.29, 1.82) is 0 Å². The van der Waals surface area contributed by atoms with Gasteiger partial charge in [0, 0.05) is 13.3 Å². The van der Waals surface area contributed by atoms with Gasteiger partial charge in [0.1, 0.15) is 6.17 Å². The second kappa shape index (κ2) is 10.9. The molecule has 3 N–H and O–H groups in total. The van der Waals surface area contributed by atoms with E-state index in [0.29, 0.717) is 50.5 Å². The number of fused-ring (bicyclic) bond motifs is 2. The Morgan fingerprint density at radius 3 is 2.49 bits per heavy atom. The smallest absolute Gasteiger partial charge is 0.303 e. The highest BCUT2D eigenvalue weighted by Crippen LogP contribution is 2.87. The first-order valence-electron chi connectivity index (χ1n) is 17.2. The average molecular weight is 609 g/mol. The van der Waals surface area contributed by atoms with Crippen LogP contribution in [0.1, 0.15) is 119 Å². The van der Waals surface area contributed by atoms with E-state index in [9.17, 15) is 20.1 Å². The zero-order valence-corrected chi connectivity index (χ0v) is 27.3. The lowest BCUT2D eigenvalue weighted by atomic mass is 9.46. The minimum atomic E-state index is -1.37. The highest BCUT2D eigenvalue weighted by atomic mass is 19.1. The van der Waals surface area contributed by atoms with Crippen LogP contribution >= 0.6 is 0 Å². The van der Waals surface area contributed by atoms with Crippen molar-refractivity contribution in [3.05, 3.63) is 0 Å². The monoisotopic (exact) mass is 608 g/mol. The van der Waals surface area contributed by atoms with E-state index in [-0.39, 0.29) is 52.0 Å². The van der Waals surface area contributed by atoms with Gasteiger partial charge in [-0.2, -0.15) is 0 Å². The Balaban J connectivity index is 1.15. The maximum Gasteiger partial charge on any atom is 0.303 e. The summed E-state index contributed by atoms with van der Waals surface area (Å²) in [6.07, 6.45) is 7.14. The molecule has 13 unspecified atom stereocenters. The molecule has 2 spiro atoms. The second-order valence-electron chi connectivity index (χ2n) is 17.0. The molecular formula is C35H57FO7. The number of rotatable bonds is 8. The molecule has 7 nitrogen and oxygen atoms in total. The maximum atomic E-state index is 16.3. The molecule has 0 radical (unpaired) electrons. The fraction of sp³-hybridized carbons (Fsp3) is 0.971. The highest BCUT2D eigenvalue weighted by molar-refractivity contribution is 5.66. The molecule has 1 aliphatic heterocycles. The van der Waals surface area contributed by atoms with Crippen LogP contribution in [-0.4, -0.2) is 70.4 Å².